The molecule has 2 rings (SSSR count). The lowest BCUT2D eigenvalue weighted by molar-refractivity contribution is -0.138. The van der Waals surface area contributed by atoms with Gasteiger partial charge in [0, 0.05) is 0 Å². The van der Waals surface area contributed by atoms with Crippen LogP contribution in [0.2, 0.25) is 10.0 Å². The highest BCUT2D eigenvalue weighted by Crippen LogP contribution is 2.29. The fourth-order valence-corrected chi connectivity index (χ4v) is 2.58. The summed E-state index contributed by atoms with van der Waals surface area (Å²) in [4.78, 5) is 10.9. The number of benzene rings is 2. The van der Waals surface area contributed by atoms with Crippen molar-refractivity contribution in [2.45, 2.75) is 18.9 Å². The van der Waals surface area contributed by atoms with Crippen molar-refractivity contribution in [3.8, 4) is 5.75 Å². The van der Waals surface area contributed by atoms with Crippen LogP contribution in [-0.4, -0.2) is 22.2 Å². The zero-order valence-electron chi connectivity index (χ0n) is 11.6. The summed E-state index contributed by atoms with van der Waals surface area (Å²) in [5, 5.41) is 19.5. The van der Waals surface area contributed by atoms with Crippen molar-refractivity contribution in [1.29, 1.82) is 0 Å². The van der Waals surface area contributed by atoms with Gasteiger partial charge in [0.05, 0.1) is 10.0 Å². The van der Waals surface area contributed by atoms with Crippen molar-refractivity contribution in [3.05, 3.63) is 63.1 Å². The highest BCUT2D eigenvalue weighted by Gasteiger charge is 2.16. The second kappa shape index (κ2) is 7.01. The molecule has 0 aliphatic heterocycles. The van der Waals surface area contributed by atoms with Crippen LogP contribution < -0.4 is 5.73 Å². The minimum atomic E-state index is -1.07. The maximum Gasteiger partial charge on any atom is 0.320 e. The molecule has 0 aliphatic rings. The topological polar surface area (TPSA) is 83.5 Å². The average Bonchev–Trinajstić information content (AvgIpc) is 2.46. The van der Waals surface area contributed by atoms with E-state index in [0.29, 0.717) is 16.5 Å². The standard InChI is InChI=1S/C16H15Cl2NO3/c17-13-3-1-2-10(15(13)18)6-11-7-12(20)5-4-9(11)8-14(19)16(21)22/h1-5,7,14,20H,6,8,19H2,(H,21,22)/t14-/m0/s1. The van der Waals surface area contributed by atoms with Crippen molar-refractivity contribution in [1.82, 2.24) is 0 Å². The molecule has 0 saturated carbocycles. The van der Waals surface area contributed by atoms with Crippen LogP contribution in [0.3, 0.4) is 0 Å². The Morgan fingerprint density at radius 3 is 2.55 bits per heavy atom. The van der Waals surface area contributed by atoms with Crippen molar-refractivity contribution in [2.24, 2.45) is 5.73 Å². The normalized spacial score (nSPS) is 12.1. The molecular weight excluding hydrogens is 325 g/mol. The third kappa shape index (κ3) is 3.91. The maximum atomic E-state index is 10.9. The lowest BCUT2D eigenvalue weighted by atomic mass is 9.95. The van der Waals surface area contributed by atoms with E-state index in [1.807, 2.05) is 6.07 Å². The van der Waals surface area contributed by atoms with Gasteiger partial charge >= 0.3 is 5.97 Å². The molecule has 2 aromatic carbocycles. The SMILES string of the molecule is N[C@@H](Cc1ccc(O)cc1Cc1cccc(Cl)c1Cl)C(=O)O. The summed E-state index contributed by atoms with van der Waals surface area (Å²) >= 11 is 12.2. The van der Waals surface area contributed by atoms with Crippen LogP contribution in [-0.2, 0) is 17.6 Å². The smallest absolute Gasteiger partial charge is 0.320 e. The Hall–Kier alpha value is -1.75. The first kappa shape index (κ1) is 16.6. The van der Waals surface area contributed by atoms with Gasteiger partial charge in [-0.2, -0.15) is 0 Å². The molecule has 116 valence electrons. The third-order valence-electron chi connectivity index (χ3n) is 3.36. The van der Waals surface area contributed by atoms with Crippen LogP contribution in [0.5, 0.6) is 5.75 Å². The Morgan fingerprint density at radius 2 is 1.86 bits per heavy atom. The number of phenolic OH excluding ortho intramolecular Hbond substituents is 1. The molecular formula is C16H15Cl2NO3. The number of rotatable bonds is 5. The molecule has 22 heavy (non-hydrogen) atoms. The van der Waals surface area contributed by atoms with Crippen molar-refractivity contribution in [2.75, 3.05) is 0 Å². The van der Waals surface area contributed by atoms with Gasteiger partial charge in [0.1, 0.15) is 11.8 Å². The van der Waals surface area contributed by atoms with Crippen LogP contribution in [0.15, 0.2) is 36.4 Å². The third-order valence-corrected chi connectivity index (χ3v) is 4.22. The van der Waals surface area contributed by atoms with Gasteiger partial charge < -0.3 is 15.9 Å². The summed E-state index contributed by atoms with van der Waals surface area (Å²) < 4.78 is 0. The number of halogens is 2. The number of hydrogen-bond acceptors (Lipinski definition) is 3. The molecule has 0 heterocycles. The average molecular weight is 340 g/mol. The van der Waals surface area contributed by atoms with E-state index in [0.717, 1.165) is 16.7 Å². The second-order valence-electron chi connectivity index (χ2n) is 4.99. The van der Waals surface area contributed by atoms with Crippen LogP contribution in [0.1, 0.15) is 16.7 Å². The van der Waals surface area contributed by atoms with E-state index in [2.05, 4.69) is 0 Å². The Bertz CT molecular complexity index is 704. The molecule has 0 unspecified atom stereocenters. The van der Waals surface area contributed by atoms with Gasteiger partial charge in [0.15, 0.2) is 0 Å². The van der Waals surface area contributed by atoms with Gasteiger partial charge in [0.2, 0.25) is 0 Å². The minimum absolute atomic E-state index is 0.0980. The number of carbonyl (C=O) groups is 1. The van der Waals surface area contributed by atoms with Gasteiger partial charge in [0.25, 0.3) is 0 Å². The van der Waals surface area contributed by atoms with Gasteiger partial charge in [-0.1, -0.05) is 41.4 Å². The summed E-state index contributed by atoms with van der Waals surface area (Å²) in [6, 6.07) is 9.07. The van der Waals surface area contributed by atoms with E-state index in [4.69, 9.17) is 34.0 Å². The molecule has 4 N–H and O–H groups in total. The van der Waals surface area contributed by atoms with Crippen molar-refractivity contribution >= 4 is 29.2 Å². The fraction of sp³-hybridized carbons (Fsp3) is 0.188. The molecule has 0 fully saturated rings. The zero-order valence-corrected chi connectivity index (χ0v) is 13.1. The maximum absolute atomic E-state index is 10.9. The number of carboxylic acids is 1. The van der Waals surface area contributed by atoms with E-state index < -0.39 is 12.0 Å². The van der Waals surface area contributed by atoms with Gasteiger partial charge in [-0.25, -0.2) is 0 Å². The molecule has 0 aromatic heterocycles. The lowest BCUT2D eigenvalue weighted by Crippen LogP contribution is -2.32. The molecule has 0 bridgehead atoms. The quantitative estimate of drug-likeness (QED) is 0.780. The Balaban J connectivity index is 2.35. The molecule has 4 nitrogen and oxygen atoms in total. The van der Waals surface area contributed by atoms with Gasteiger partial charge in [-0.15, -0.1) is 0 Å². The molecule has 6 heteroatoms. The van der Waals surface area contributed by atoms with Crippen LogP contribution in [0.4, 0.5) is 0 Å². The fourth-order valence-electron chi connectivity index (χ4n) is 2.19. The summed E-state index contributed by atoms with van der Waals surface area (Å²) in [5.74, 6) is -0.972. The molecule has 0 spiro atoms. The Kier molecular flexibility index (Phi) is 5.29. The monoisotopic (exact) mass is 339 g/mol. The van der Waals surface area contributed by atoms with Gasteiger partial charge in [-0.3, -0.25) is 4.79 Å². The van der Waals surface area contributed by atoms with Crippen LogP contribution >= 0.6 is 23.2 Å². The van der Waals surface area contributed by atoms with Crippen LogP contribution in [0, 0.1) is 0 Å². The first-order chi connectivity index (χ1) is 10.4. The Labute approximate surface area is 138 Å². The molecule has 0 radical (unpaired) electrons. The second-order valence-corrected chi connectivity index (χ2v) is 5.78. The lowest BCUT2D eigenvalue weighted by Gasteiger charge is -2.14. The largest absolute Gasteiger partial charge is 0.508 e. The van der Waals surface area contributed by atoms with Crippen molar-refractivity contribution < 1.29 is 15.0 Å². The number of aliphatic carboxylic acids is 1. The van der Waals surface area contributed by atoms with E-state index >= 15 is 0 Å². The number of carboxylic acid groups (broad SMARTS) is 1. The number of phenols is 1. The van der Waals surface area contributed by atoms with E-state index in [9.17, 15) is 9.90 Å². The molecule has 2 aromatic rings. The number of nitrogens with two attached hydrogens (primary N) is 1. The summed E-state index contributed by atoms with van der Waals surface area (Å²) in [5.41, 5.74) is 7.91. The van der Waals surface area contributed by atoms with Gasteiger partial charge in [-0.05, 0) is 47.7 Å². The number of aromatic hydroxyl groups is 1. The van der Waals surface area contributed by atoms with Crippen molar-refractivity contribution in [3.63, 3.8) is 0 Å². The first-order valence-corrected chi connectivity index (χ1v) is 7.36. The highest BCUT2D eigenvalue weighted by molar-refractivity contribution is 6.42. The molecule has 0 saturated heterocycles. The molecule has 0 aliphatic carbocycles. The molecule has 0 amide bonds. The van der Waals surface area contributed by atoms with Crippen LogP contribution in [0.25, 0.3) is 0 Å². The predicted molar refractivity (Wildman–Crippen MR) is 86.7 cm³/mol. The predicted octanol–water partition coefficient (Wildman–Crippen LogP) is 3.24. The minimum Gasteiger partial charge on any atom is -0.508 e. The number of hydrogen-bond donors (Lipinski definition) is 3. The highest BCUT2D eigenvalue weighted by atomic mass is 35.5. The first-order valence-electron chi connectivity index (χ1n) is 6.60. The molecule has 1 atom stereocenters. The zero-order chi connectivity index (χ0) is 16.3. The van der Waals surface area contributed by atoms with E-state index in [1.165, 1.54) is 6.07 Å². The van der Waals surface area contributed by atoms with E-state index in [1.54, 1.807) is 24.3 Å². The van der Waals surface area contributed by atoms with E-state index in [-0.39, 0.29) is 12.2 Å². The summed E-state index contributed by atoms with van der Waals surface area (Å²) in [6.07, 6.45) is 0.596. The Morgan fingerprint density at radius 1 is 1.14 bits per heavy atom. The summed E-state index contributed by atoms with van der Waals surface area (Å²) in [7, 11) is 0. The summed E-state index contributed by atoms with van der Waals surface area (Å²) in [6.45, 7) is 0.